The number of hydrogen-bond acceptors (Lipinski definition) is 5. The normalized spacial score (nSPS) is 14.8. The molecular formula is C19H21Cl2N3O4S. The number of benzene rings is 2. The van der Waals surface area contributed by atoms with Crippen molar-refractivity contribution in [2.24, 2.45) is 0 Å². The van der Waals surface area contributed by atoms with Crippen LogP contribution in [0.1, 0.15) is 0 Å². The summed E-state index contributed by atoms with van der Waals surface area (Å²) in [6, 6.07) is 11.0. The van der Waals surface area contributed by atoms with E-state index in [-0.39, 0.29) is 11.4 Å². The molecule has 0 radical (unpaired) electrons. The first-order valence-corrected chi connectivity index (χ1v) is 11.1. The summed E-state index contributed by atoms with van der Waals surface area (Å²) in [5, 5.41) is 3.68. The molecular weight excluding hydrogens is 437 g/mol. The number of likely N-dealkylation sites (N-methyl/N-ethyl adjacent to an activating group) is 1. The number of halogens is 2. The van der Waals surface area contributed by atoms with Crippen LogP contribution in [0.3, 0.4) is 0 Å². The number of carbonyl (C=O) groups excluding carboxylic acids is 1. The highest BCUT2D eigenvalue weighted by Crippen LogP contribution is 2.30. The van der Waals surface area contributed by atoms with Gasteiger partial charge in [-0.25, -0.2) is 8.42 Å². The number of carbonyl (C=O) groups is 1. The van der Waals surface area contributed by atoms with E-state index in [0.29, 0.717) is 42.0 Å². The van der Waals surface area contributed by atoms with Crippen LogP contribution in [0.25, 0.3) is 0 Å². The van der Waals surface area contributed by atoms with E-state index in [1.165, 1.54) is 31.3 Å². The zero-order valence-corrected chi connectivity index (χ0v) is 18.1. The minimum absolute atomic E-state index is 0.0639. The summed E-state index contributed by atoms with van der Waals surface area (Å²) in [6.45, 7) is 2.22. The molecule has 0 bridgehead atoms. The first-order chi connectivity index (χ1) is 13.8. The van der Waals surface area contributed by atoms with Gasteiger partial charge in [0.1, 0.15) is 0 Å². The third-order valence-electron chi connectivity index (χ3n) is 4.47. The molecule has 2 aromatic rings. The van der Waals surface area contributed by atoms with Gasteiger partial charge in [0.2, 0.25) is 15.9 Å². The molecule has 10 heteroatoms. The van der Waals surface area contributed by atoms with E-state index in [1.807, 2.05) is 6.07 Å². The zero-order chi connectivity index (χ0) is 21.0. The molecule has 1 saturated heterocycles. The summed E-state index contributed by atoms with van der Waals surface area (Å²) in [4.78, 5) is 14.7. The average molecular weight is 458 g/mol. The minimum Gasteiger partial charge on any atom is -0.378 e. The van der Waals surface area contributed by atoms with Crippen LogP contribution in [0, 0.1) is 0 Å². The Morgan fingerprint density at radius 3 is 2.38 bits per heavy atom. The molecule has 7 nitrogen and oxygen atoms in total. The number of anilines is 2. The Kier molecular flexibility index (Phi) is 7.02. The summed E-state index contributed by atoms with van der Waals surface area (Å²) in [5.41, 5.74) is 1.34. The van der Waals surface area contributed by atoms with Crippen molar-refractivity contribution < 1.29 is 17.9 Å². The molecule has 1 heterocycles. The molecule has 0 atom stereocenters. The maximum absolute atomic E-state index is 12.7. The van der Waals surface area contributed by atoms with Crippen LogP contribution in [0.5, 0.6) is 0 Å². The van der Waals surface area contributed by atoms with Gasteiger partial charge in [0.25, 0.3) is 0 Å². The van der Waals surface area contributed by atoms with Crippen LogP contribution in [0.2, 0.25) is 10.0 Å². The van der Waals surface area contributed by atoms with Crippen LogP contribution in [0.4, 0.5) is 11.4 Å². The smallest absolute Gasteiger partial charge is 0.243 e. The van der Waals surface area contributed by atoms with Gasteiger partial charge in [0, 0.05) is 30.2 Å². The van der Waals surface area contributed by atoms with Gasteiger partial charge in [-0.1, -0.05) is 23.2 Å². The van der Waals surface area contributed by atoms with Crippen LogP contribution >= 0.6 is 23.2 Å². The summed E-state index contributed by atoms with van der Waals surface area (Å²) in [5.74, 6) is -0.471. The summed E-state index contributed by atoms with van der Waals surface area (Å²) in [6.07, 6.45) is 0. The van der Waals surface area contributed by atoms with Crippen LogP contribution in [-0.4, -0.2) is 58.5 Å². The lowest BCUT2D eigenvalue weighted by molar-refractivity contribution is -0.116. The van der Waals surface area contributed by atoms with Crippen LogP contribution in [-0.2, 0) is 19.6 Å². The van der Waals surface area contributed by atoms with Gasteiger partial charge < -0.3 is 15.0 Å². The second-order valence-electron chi connectivity index (χ2n) is 6.52. The molecule has 1 aliphatic heterocycles. The minimum atomic E-state index is -3.82. The Balaban J connectivity index is 1.73. The lowest BCUT2D eigenvalue weighted by Gasteiger charge is -2.30. The molecule has 156 valence electrons. The highest BCUT2D eigenvalue weighted by atomic mass is 35.5. The number of morpholine rings is 1. The fourth-order valence-electron chi connectivity index (χ4n) is 2.95. The van der Waals surface area contributed by atoms with Crippen molar-refractivity contribution in [3.63, 3.8) is 0 Å². The Morgan fingerprint density at radius 2 is 1.72 bits per heavy atom. The average Bonchev–Trinajstić information content (AvgIpc) is 2.69. The molecule has 0 unspecified atom stereocenters. The third-order valence-corrected chi connectivity index (χ3v) is 6.78. The van der Waals surface area contributed by atoms with Crippen LogP contribution in [0.15, 0.2) is 47.4 Å². The molecule has 1 amide bonds. The van der Waals surface area contributed by atoms with Crippen LogP contribution < -0.4 is 10.2 Å². The standard InChI is InChI=1S/C19H21Cl2N3O4S/c1-23(29(26,27)16-5-2-14(20)3-6-16)13-19(25)22-17-12-15(21)4-7-18(17)24-8-10-28-11-9-24/h2-7,12H,8-11,13H2,1H3,(H,22,25). The quantitative estimate of drug-likeness (QED) is 0.720. The van der Waals surface area contributed by atoms with Gasteiger partial charge in [-0.05, 0) is 42.5 Å². The number of nitrogens with zero attached hydrogens (tertiary/aromatic N) is 2. The van der Waals surface area contributed by atoms with Gasteiger partial charge in [-0.2, -0.15) is 4.31 Å². The van der Waals surface area contributed by atoms with Crippen molar-refractivity contribution in [3.8, 4) is 0 Å². The lowest BCUT2D eigenvalue weighted by Crippen LogP contribution is -2.38. The van der Waals surface area contributed by atoms with Crippen molar-refractivity contribution in [3.05, 3.63) is 52.5 Å². The molecule has 1 fully saturated rings. The van der Waals surface area contributed by atoms with Crippen molar-refractivity contribution >= 4 is 50.5 Å². The molecule has 0 spiro atoms. The van der Waals surface area contributed by atoms with E-state index in [0.717, 1.165) is 9.99 Å². The van der Waals surface area contributed by atoms with Gasteiger partial charge in [-0.3, -0.25) is 4.79 Å². The monoisotopic (exact) mass is 457 g/mol. The maximum atomic E-state index is 12.7. The SMILES string of the molecule is CN(CC(=O)Nc1cc(Cl)ccc1N1CCOCC1)S(=O)(=O)c1ccc(Cl)cc1. The predicted octanol–water partition coefficient (Wildman–Crippen LogP) is 3.09. The van der Waals surface area contributed by atoms with Crippen molar-refractivity contribution in [1.29, 1.82) is 0 Å². The van der Waals surface area contributed by atoms with Crippen molar-refractivity contribution in [2.75, 3.05) is 50.1 Å². The molecule has 3 rings (SSSR count). The van der Waals surface area contributed by atoms with Crippen molar-refractivity contribution in [1.82, 2.24) is 4.31 Å². The second-order valence-corrected chi connectivity index (χ2v) is 9.44. The van der Waals surface area contributed by atoms with E-state index in [9.17, 15) is 13.2 Å². The maximum Gasteiger partial charge on any atom is 0.243 e. The number of sulfonamides is 1. The number of amides is 1. The summed E-state index contributed by atoms with van der Waals surface area (Å²) < 4.78 is 31.7. The van der Waals surface area contributed by atoms with E-state index in [4.69, 9.17) is 27.9 Å². The van der Waals surface area contributed by atoms with Crippen molar-refractivity contribution in [2.45, 2.75) is 4.90 Å². The molecule has 0 aliphatic carbocycles. The van der Waals surface area contributed by atoms with Gasteiger partial charge in [0.15, 0.2) is 0 Å². The fraction of sp³-hybridized carbons (Fsp3) is 0.316. The Bertz CT molecular complexity index is 977. The van der Waals surface area contributed by atoms with E-state index in [2.05, 4.69) is 10.2 Å². The summed E-state index contributed by atoms with van der Waals surface area (Å²) >= 11 is 11.9. The van der Waals surface area contributed by atoms with Gasteiger partial charge >= 0.3 is 0 Å². The largest absolute Gasteiger partial charge is 0.378 e. The van der Waals surface area contributed by atoms with Gasteiger partial charge in [-0.15, -0.1) is 0 Å². The molecule has 29 heavy (non-hydrogen) atoms. The first-order valence-electron chi connectivity index (χ1n) is 8.91. The third kappa shape index (κ3) is 5.40. The number of ether oxygens (including phenoxy) is 1. The number of hydrogen-bond donors (Lipinski definition) is 1. The van der Waals surface area contributed by atoms with E-state index < -0.39 is 15.9 Å². The number of rotatable bonds is 6. The Hall–Kier alpha value is -1.84. The zero-order valence-electron chi connectivity index (χ0n) is 15.8. The highest BCUT2D eigenvalue weighted by molar-refractivity contribution is 7.89. The molecule has 0 saturated carbocycles. The van der Waals surface area contributed by atoms with E-state index >= 15 is 0 Å². The molecule has 1 N–H and O–H groups in total. The van der Waals surface area contributed by atoms with Gasteiger partial charge in [0.05, 0.1) is 36.0 Å². The lowest BCUT2D eigenvalue weighted by atomic mass is 10.2. The second kappa shape index (κ2) is 9.32. The summed E-state index contributed by atoms with van der Waals surface area (Å²) in [7, 11) is -2.47. The molecule has 2 aromatic carbocycles. The fourth-order valence-corrected chi connectivity index (χ4v) is 4.38. The molecule has 0 aromatic heterocycles. The Morgan fingerprint density at radius 1 is 1.10 bits per heavy atom. The molecule has 1 aliphatic rings. The highest BCUT2D eigenvalue weighted by Gasteiger charge is 2.24. The predicted molar refractivity (Wildman–Crippen MR) is 114 cm³/mol. The van der Waals surface area contributed by atoms with E-state index in [1.54, 1.807) is 12.1 Å². The Labute approximate surface area is 180 Å². The number of nitrogens with one attached hydrogen (secondary N) is 1. The topological polar surface area (TPSA) is 79.0 Å². The first kappa shape index (κ1) is 21.9.